The molecule has 1 aliphatic rings. The van der Waals surface area contributed by atoms with E-state index in [9.17, 15) is 9.59 Å². The summed E-state index contributed by atoms with van der Waals surface area (Å²) < 4.78 is 6.96. The van der Waals surface area contributed by atoms with E-state index >= 15 is 0 Å². The maximum Gasteiger partial charge on any atom is 0.322 e. The first kappa shape index (κ1) is 25.4. The Morgan fingerprint density at radius 1 is 1.23 bits per heavy atom. The summed E-state index contributed by atoms with van der Waals surface area (Å²) in [6.45, 7) is 6.70. The quantitative estimate of drug-likeness (QED) is 0.514. The Balaban J connectivity index is 1.52. The summed E-state index contributed by atoms with van der Waals surface area (Å²) in [7, 11) is 1.62. The molecule has 8 nitrogen and oxygen atoms in total. The molecule has 0 aliphatic carbocycles. The van der Waals surface area contributed by atoms with Gasteiger partial charge in [-0.2, -0.15) is 0 Å². The van der Waals surface area contributed by atoms with Crippen LogP contribution in [-0.4, -0.2) is 64.8 Å². The number of anilines is 1. The van der Waals surface area contributed by atoms with Gasteiger partial charge in [0.25, 0.3) is 5.56 Å². The van der Waals surface area contributed by atoms with Gasteiger partial charge in [0.1, 0.15) is 5.82 Å². The van der Waals surface area contributed by atoms with Gasteiger partial charge in [0.2, 0.25) is 0 Å². The number of carbonyl (C=O) groups is 1. The number of nitrogens with one attached hydrogen (secondary N) is 1. The van der Waals surface area contributed by atoms with Gasteiger partial charge in [-0.3, -0.25) is 14.3 Å². The van der Waals surface area contributed by atoms with Crippen molar-refractivity contribution in [2.75, 3.05) is 38.7 Å². The summed E-state index contributed by atoms with van der Waals surface area (Å²) in [5.74, 6) is 0.698. The lowest BCUT2D eigenvalue weighted by Crippen LogP contribution is -2.55. The van der Waals surface area contributed by atoms with Crippen LogP contribution in [0.15, 0.2) is 47.3 Å². The highest BCUT2D eigenvalue weighted by Gasteiger charge is 2.32. The van der Waals surface area contributed by atoms with Gasteiger partial charge in [0.15, 0.2) is 0 Å². The molecule has 0 spiro atoms. The van der Waals surface area contributed by atoms with Crippen LogP contribution in [0, 0.1) is 0 Å². The highest BCUT2D eigenvalue weighted by molar-refractivity contribution is 6.36. The number of rotatable bonds is 6. The number of ether oxygens (including phenoxy) is 1. The number of benzene rings is 2. The van der Waals surface area contributed by atoms with Gasteiger partial charge in [-0.1, -0.05) is 35.3 Å². The zero-order valence-electron chi connectivity index (χ0n) is 20.0. The molecule has 0 radical (unpaired) electrons. The first-order valence-electron chi connectivity index (χ1n) is 11.5. The third-order valence-electron chi connectivity index (χ3n) is 6.42. The fourth-order valence-corrected chi connectivity index (χ4v) is 4.94. The highest BCUT2D eigenvalue weighted by atomic mass is 35.5. The first-order chi connectivity index (χ1) is 16.8. The van der Waals surface area contributed by atoms with E-state index in [4.69, 9.17) is 32.9 Å². The topological polar surface area (TPSA) is 79.7 Å². The van der Waals surface area contributed by atoms with Crippen molar-refractivity contribution in [2.24, 2.45) is 0 Å². The van der Waals surface area contributed by atoms with Crippen LogP contribution in [0.2, 0.25) is 10.0 Å². The van der Waals surface area contributed by atoms with Crippen molar-refractivity contribution in [3.8, 4) is 0 Å². The minimum atomic E-state index is -0.213. The average molecular weight is 518 g/mol. The van der Waals surface area contributed by atoms with Crippen LogP contribution in [0.1, 0.15) is 25.7 Å². The molecule has 1 saturated heterocycles. The maximum atomic E-state index is 13.2. The zero-order valence-corrected chi connectivity index (χ0v) is 21.5. The molecule has 186 valence electrons. The molecular weight excluding hydrogens is 489 g/mol. The van der Waals surface area contributed by atoms with E-state index in [1.165, 1.54) is 0 Å². The normalized spacial score (nSPS) is 17.5. The van der Waals surface area contributed by atoms with Gasteiger partial charge in [-0.15, -0.1) is 0 Å². The molecule has 10 heteroatoms. The number of hydrogen-bond donors (Lipinski definition) is 1. The lowest BCUT2D eigenvalue weighted by Gasteiger charge is -2.42. The second-order valence-corrected chi connectivity index (χ2v) is 9.55. The molecule has 4 rings (SSSR count). The van der Waals surface area contributed by atoms with Crippen molar-refractivity contribution in [2.45, 2.75) is 32.5 Å². The number of fused-ring (bicyclic) bond motifs is 1. The number of amides is 2. The largest absolute Gasteiger partial charge is 0.383 e. The van der Waals surface area contributed by atoms with Gasteiger partial charge in [0.05, 0.1) is 40.8 Å². The number of aromatic nitrogens is 2. The van der Waals surface area contributed by atoms with Crippen LogP contribution in [-0.2, 0) is 11.3 Å². The third-order valence-corrected chi connectivity index (χ3v) is 6.97. The molecule has 1 aromatic heterocycles. The molecule has 1 fully saturated rings. The van der Waals surface area contributed by atoms with Crippen molar-refractivity contribution in [1.82, 2.24) is 19.4 Å². The summed E-state index contributed by atoms with van der Waals surface area (Å²) in [5.41, 5.74) is 1.13. The Hall–Kier alpha value is -2.65. The maximum absolute atomic E-state index is 13.2. The number of halogens is 2. The van der Waals surface area contributed by atoms with Crippen LogP contribution < -0.4 is 10.9 Å². The summed E-state index contributed by atoms with van der Waals surface area (Å²) in [6, 6.07) is 12.0. The van der Waals surface area contributed by atoms with Crippen molar-refractivity contribution in [1.29, 1.82) is 0 Å². The molecule has 35 heavy (non-hydrogen) atoms. The average Bonchev–Trinajstić information content (AvgIpc) is 2.84. The van der Waals surface area contributed by atoms with Crippen LogP contribution in [0.3, 0.4) is 0 Å². The SMILES string of the molecule is COCCn1c(C(C)N2CCN(C(=O)Nc3ccc(Cl)cc3Cl)C(C)C2)nc2ccccc2c1=O. The van der Waals surface area contributed by atoms with E-state index < -0.39 is 0 Å². The minimum Gasteiger partial charge on any atom is -0.383 e. The molecule has 2 atom stereocenters. The minimum absolute atomic E-state index is 0.0584. The van der Waals surface area contributed by atoms with Gasteiger partial charge in [0, 0.05) is 37.8 Å². The summed E-state index contributed by atoms with van der Waals surface area (Å²) in [6.07, 6.45) is 0. The number of urea groups is 1. The van der Waals surface area contributed by atoms with E-state index in [0.717, 1.165) is 0 Å². The second kappa shape index (κ2) is 11.0. The second-order valence-electron chi connectivity index (χ2n) is 8.70. The number of piperazine rings is 1. The monoisotopic (exact) mass is 517 g/mol. The Labute approximate surface area is 214 Å². The number of para-hydroxylation sites is 1. The van der Waals surface area contributed by atoms with Crippen LogP contribution in [0.4, 0.5) is 10.5 Å². The van der Waals surface area contributed by atoms with E-state index in [0.29, 0.717) is 65.2 Å². The molecule has 2 amide bonds. The number of hydrogen-bond acceptors (Lipinski definition) is 5. The number of methoxy groups -OCH3 is 1. The standard InChI is InChI=1S/C25H29Cl2N5O3/c1-16-15-30(10-11-31(16)25(34)29-22-9-8-18(26)14-20(22)27)17(2)23-28-21-7-5-4-6-19(21)24(33)32(23)12-13-35-3/h4-9,14,16-17H,10-13,15H2,1-3H3,(H,29,34). The lowest BCUT2D eigenvalue weighted by molar-refractivity contribution is 0.0784. The fraction of sp³-hybridized carbons (Fsp3) is 0.400. The molecule has 0 bridgehead atoms. The Kier molecular flexibility index (Phi) is 7.96. The van der Waals surface area contributed by atoms with Gasteiger partial charge < -0.3 is 15.0 Å². The summed E-state index contributed by atoms with van der Waals surface area (Å²) in [5, 5.41) is 4.37. The Morgan fingerprint density at radius 3 is 2.71 bits per heavy atom. The Bertz CT molecular complexity index is 1280. The van der Waals surface area contributed by atoms with Crippen LogP contribution >= 0.6 is 23.2 Å². The van der Waals surface area contributed by atoms with Crippen LogP contribution in [0.5, 0.6) is 0 Å². The van der Waals surface area contributed by atoms with Gasteiger partial charge >= 0.3 is 6.03 Å². The third kappa shape index (κ3) is 5.46. The highest BCUT2D eigenvalue weighted by Crippen LogP contribution is 2.27. The van der Waals surface area contributed by atoms with E-state index in [-0.39, 0.29) is 23.7 Å². The number of nitrogens with zero attached hydrogens (tertiary/aromatic N) is 4. The van der Waals surface area contributed by atoms with Crippen LogP contribution in [0.25, 0.3) is 10.9 Å². The fourth-order valence-electron chi connectivity index (χ4n) is 4.48. The first-order valence-corrected chi connectivity index (χ1v) is 12.3. The summed E-state index contributed by atoms with van der Waals surface area (Å²) >= 11 is 12.2. The van der Waals surface area contributed by atoms with E-state index in [1.807, 2.05) is 25.1 Å². The van der Waals surface area contributed by atoms with Crippen molar-refractivity contribution >= 4 is 45.8 Å². The predicted molar refractivity (Wildman–Crippen MR) is 140 cm³/mol. The van der Waals surface area contributed by atoms with E-state index in [1.54, 1.807) is 40.8 Å². The zero-order chi connectivity index (χ0) is 25.1. The van der Waals surface area contributed by atoms with Crippen molar-refractivity contribution < 1.29 is 9.53 Å². The molecule has 3 aromatic rings. The molecule has 1 aliphatic heterocycles. The van der Waals surface area contributed by atoms with E-state index in [2.05, 4.69) is 17.1 Å². The molecule has 0 saturated carbocycles. The van der Waals surface area contributed by atoms with Gasteiger partial charge in [-0.05, 0) is 44.2 Å². The molecule has 2 aromatic carbocycles. The summed E-state index contributed by atoms with van der Waals surface area (Å²) in [4.78, 5) is 35.1. The molecule has 1 N–H and O–H groups in total. The number of carbonyl (C=O) groups excluding carboxylic acids is 1. The van der Waals surface area contributed by atoms with Crippen molar-refractivity contribution in [3.05, 3.63) is 68.7 Å². The predicted octanol–water partition coefficient (Wildman–Crippen LogP) is 4.65. The van der Waals surface area contributed by atoms with Gasteiger partial charge in [-0.25, -0.2) is 9.78 Å². The lowest BCUT2D eigenvalue weighted by atomic mass is 10.1. The molecular formula is C25H29Cl2N5O3. The van der Waals surface area contributed by atoms with Crippen molar-refractivity contribution in [3.63, 3.8) is 0 Å². The smallest absolute Gasteiger partial charge is 0.322 e. The molecule has 2 heterocycles. The molecule has 2 unspecified atom stereocenters. The Morgan fingerprint density at radius 2 is 2.00 bits per heavy atom.